The van der Waals surface area contributed by atoms with E-state index in [4.69, 9.17) is 0 Å². The van der Waals surface area contributed by atoms with E-state index in [1.807, 2.05) is 40.2 Å². The van der Waals surface area contributed by atoms with Gasteiger partial charge in [0.25, 0.3) is 5.91 Å². The third kappa shape index (κ3) is 3.47. The number of aromatic amines is 1. The Bertz CT molecular complexity index is 825. The molecule has 128 valence electrons. The lowest BCUT2D eigenvalue weighted by molar-refractivity contribution is 0.0704. The van der Waals surface area contributed by atoms with Gasteiger partial charge in [-0.1, -0.05) is 30.3 Å². The van der Waals surface area contributed by atoms with Crippen molar-refractivity contribution in [3.05, 3.63) is 72.1 Å². The van der Waals surface area contributed by atoms with Gasteiger partial charge in [0.2, 0.25) is 0 Å². The molecule has 4 rings (SSSR count). The number of nitrogens with one attached hydrogen (secondary N) is 1. The summed E-state index contributed by atoms with van der Waals surface area (Å²) in [5.41, 5.74) is 1.82. The Morgan fingerprint density at radius 1 is 1.28 bits per heavy atom. The van der Waals surface area contributed by atoms with Crippen LogP contribution in [0.5, 0.6) is 0 Å². The Morgan fingerprint density at radius 3 is 2.96 bits per heavy atom. The van der Waals surface area contributed by atoms with E-state index in [1.165, 1.54) is 5.56 Å². The van der Waals surface area contributed by atoms with E-state index in [0.717, 1.165) is 25.2 Å². The summed E-state index contributed by atoms with van der Waals surface area (Å²) in [7, 11) is 0. The maximum absolute atomic E-state index is 12.8. The molecule has 0 saturated carbocycles. The average molecular weight is 335 g/mol. The van der Waals surface area contributed by atoms with Crippen LogP contribution in [0.2, 0.25) is 0 Å². The van der Waals surface area contributed by atoms with E-state index < -0.39 is 0 Å². The van der Waals surface area contributed by atoms with Gasteiger partial charge < -0.3 is 9.88 Å². The Labute approximate surface area is 146 Å². The number of likely N-dealkylation sites (tertiary alicyclic amines) is 1. The van der Waals surface area contributed by atoms with Crippen LogP contribution in [0, 0.1) is 0 Å². The van der Waals surface area contributed by atoms with Gasteiger partial charge in [-0.2, -0.15) is 5.10 Å². The summed E-state index contributed by atoms with van der Waals surface area (Å²) in [5, 5.41) is 4.35. The summed E-state index contributed by atoms with van der Waals surface area (Å²) in [6.45, 7) is 2.17. The number of hydrogen-bond acceptors (Lipinski definition) is 3. The number of imidazole rings is 1. The minimum atomic E-state index is 0.0515. The Balaban J connectivity index is 1.44. The largest absolute Gasteiger partial charge is 0.348 e. The van der Waals surface area contributed by atoms with Gasteiger partial charge in [-0.15, -0.1) is 0 Å². The smallest absolute Gasteiger partial charge is 0.257 e. The van der Waals surface area contributed by atoms with E-state index in [9.17, 15) is 4.79 Å². The second kappa shape index (κ2) is 6.93. The van der Waals surface area contributed by atoms with Crippen LogP contribution in [0.3, 0.4) is 0 Å². The highest BCUT2D eigenvalue weighted by atomic mass is 16.2. The van der Waals surface area contributed by atoms with Crippen LogP contribution in [0.1, 0.15) is 40.5 Å². The molecular weight excluding hydrogens is 314 g/mol. The van der Waals surface area contributed by atoms with E-state index in [0.29, 0.717) is 18.7 Å². The van der Waals surface area contributed by atoms with Gasteiger partial charge in [0.1, 0.15) is 5.82 Å². The maximum Gasteiger partial charge on any atom is 0.257 e. The van der Waals surface area contributed by atoms with Crippen LogP contribution in [0.15, 0.2) is 55.1 Å². The standard InChI is InChI=1S/C19H21N5O/c25-19(23-10-4-7-16(13-23)18-20-8-9-21-18)17-11-22-24(14-17)12-15-5-2-1-3-6-15/h1-3,5-6,8-9,11,14,16H,4,7,10,12-13H2,(H,20,21)/t16-/m1/s1. The first-order valence-corrected chi connectivity index (χ1v) is 8.64. The molecule has 3 heterocycles. The molecule has 0 spiro atoms. The Morgan fingerprint density at radius 2 is 2.16 bits per heavy atom. The average Bonchev–Trinajstić information content (AvgIpc) is 3.34. The first-order chi connectivity index (χ1) is 12.3. The number of rotatable bonds is 4. The highest BCUT2D eigenvalue weighted by molar-refractivity contribution is 5.93. The second-order valence-corrected chi connectivity index (χ2v) is 6.48. The molecule has 1 aromatic carbocycles. The summed E-state index contributed by atoms with van der Waals surface area (Å²) in [4.78, 5) is 22.3. The van der Waals surface area contributed by atoms with Gasteiger partial charge in [0.05, 0.1) is 18.3 Å². The van der Waals surface area contributed by atoms with E-state index in [2.05, 4.69) is 27.2 Å². The molecule has 1 amide bonds. The minimum absolute atomic E-state index is 0.0515. The summed E-state index contributed by atoms with van der Waals surface area (Å²) in [5.74, 6) is 1.31. The molecule has 0 unspecified atom stereocenters. The predicted molar refractivity (Wildman–Crippen MR) is 94.2 cm³/mol. The number of carbonyl (C=O) groups is 1. The molecule has 0 radical (unpaired) electrons. The van der Waals surface area contributed by atoms with Gasteiger partial charge in [0.15, 0.2) is 0 Å². The Hall–Kier alpha value is -2.89. The van der Waals surface area contributed by atoms with Crippen LogP contribution in [-0.4, -0.2) is 43.6 Å². The predicted octanol–water partition coefficient (Wildman–Crippen LogP) is 2.67. The van der Waals surface area contributed by atoms with Crippen molar-refractivity contribution in [2.75, 3.05) is 13.1 Å². The lowest BCUT2D eigenvalue weighted by atomic mass is 9.97. The number of hydrogen-bond donors (Lipinski definition) is 1. The molecule has 0 bridgehead atoms. The van der Waals surface area contributed by atoms with Crippen LogP contribution in [-0.2, 0) is 6.54 Å². The SMILES string of the molecule is O=C(c1cnn(Cc2ccccc2)c1)N1CCC[C@@H](c2ncc[nH]2)C1. The molecular formula is C19H21N5O. The zero-order chi connectivity index (χ0) is 17.1. The molecule has 6 heteroatoms. The number of piperidine rings is 1. The first-order valence-electron chi connectivity index (χ1n) is 8.64. The Kier molecular flexibility index (Phi) is 4.33. The number of amides is 1. The van der Waals surface area contributed by atoms with Crippen molar-refractivity contribution in [3.63, 3.8) is 0 Å². The molecule has 2 aromatic heterocycles. The van der Waals surface area contributed by atoms with Crippen molar-refractivity contribution >= 4 is 5.91 Å². The number of nitrogens with zero attached hydrogens (tertiary/aromatic N) is 4. The minimum Gasteiger partial charge on any atom is -0.348 e. The van der Waals surface area contributed by atoms with Crippen molar-refractivity contribution in [2.24, 2.45) is 0 Å². The monoisotopic (exact) mass is 335 g/mol. The first kappa shape index (κ1) is 15.6. The van der Waals surface area contributed by atoms with E-state index >= 15 is 0 Å². The summed E-state index contributed by atoms with van der Waals surface area (Å²) in [6.07, 6.45) is 9.17. The number of carbonyl (C=O) groups excluding carboxylic acids is 1. The van der Waals surface area contributed by atoms with Crippen molar-refractivity contribution in [1.82, 2.24) is 24.6 Å². The lowest BCUT2D eigenvalue weighted by Gasteiger charge is -2.31. The molecule has 6 nitrogen and oxygen atoms in total. The van der Waals surface area contributed by atoms with Crippen LogP contribution >= 0.6 is 0 Å². The van der Waals surface area contributed by atoms with Crippen molar-refractivity contribution in [2.45, 2.75) is 25.3 Å². The fourth-order valence-corrected chi connectivity index (χ4v) is 3.40. The molecule has 1 N–H and O–H groups in total. The molecule has 1 aliphatic heterocycles. The fraction of sp³-hybridized carbons (Fsp3) is 0.316. The number of H-pyrrole nitrogens is 1. The van der Waals surface area contributed by atoms with Crippen molar-refractivity contribution in [1.29, 1.82) is 0 Å². The summed E-state index contributed by atoms with van der Waals surface area (Å²) < 4.78 is 1.82. The zero-order valence-corrected chi connectivity index (χ0v) is 14.0. The maximum atomic E-state index is 12.8. The lowest BCUT2D eigenvalue weighted by Crippen LogP contribution is -2.39. The second-order valence-electron chi connectivity index (χ2n) is 6.48. The van der Waals surface area contributed by atoms with Crippen LogP contribution < -0.4 is 0 Å². The van der Waals surface area contributed by atoms with Crippen LogP contribution in [0.25, 0.3) is 0 Å². The molecule has 1 saturated heterocycles. The van der Waals surface area contributed by atoms with Crippen molar-refractivity contribution in [3.8, 4) is 0 Å². The van der Waals surface area contributed by atoms with Gasteiger partial charge in [-0.05, 0) is 18.4 Å². The molecule has 1 atom stereocenters. The highest BCUT2D eigenvalue weighted by Gasteiger charge is 2.27. The summed E-state index contributed by atoms with van der Waals surface area (Å²) >= 11 is 0. The van der Waals surface area contributed by atoms with Gasteiger partial charge in [-0.25, -0.2) is 4.98 Å². The van der Waals surface area contributed by atoms with E-state index in [-0.39, 0.29) is 11.8 Å². The third-order valence-corrected chi connectivity index (χ3v) is 4.68. The van der Waals surface area contributed by atoms with E-state index in [1.54, 1.807) is 12.4 Å². The fourth-order valence-electron chi connectivity index (χ4n) is 3.40. The zero-order valence-electron chi connectivity index (χ0n) is 14.0. The molecule has 1 aliphatic rings. The number of aromatic nitrogens is 4. The molecule has 1 fully saturated rings. The number of benzene rings is 1. The van der Waals surface area contributed by atoms with Gasteiger partial charge in [0, 0.05) is 37.6 Å². The van der Waals surface area contributed by atoms with Crippen molar-refractivity contribution < 1.29 is 4.79 Å². The van der Waals surface area contributed by atoms with Crippen LogP contribution in [0.4, 0.5) is 0 Å². The van der Waals surface area contributed by atoms with Gasteiger partial charge in [-0.3, -0.25) is 9.48 Å². The topological polar surface area (TPSA) is 66.8 Å². The summed E-state index contributed by atoms with van der Waals surface area (Å²) in [6, 6.07) is 10.1. The third-order valence-electron chi connectivity index (χ3n) is 4.68. The normalized spacial score (nSPS) is 17.6. The van der Waals surface area contributed by atoms with Gasteiger partial charge >= 0.3 is 0 Å². The quantitative estimate of drug-likeness (QED) is 0.797. The molecule has 3 aromatic rings. The molecule has 25 heavy (non-hydrogen) atoms. The molecule has 0 aliphatic carbocycles. The highest BCUT2D eigenvalue weighted by Crippen LogP contribution is 2.25.